The number of hydrogen-bond donors (Lipinski definition) is 0. The quantitative estimate of drug-likeness (QED) is 0.413. The second-order valence-corrected chi connectivity index (χ2v) is 7.98. The summed E-state index contributed by atoms with van der Waals surface area (Å²) >= 11 is 0. The molecule has 1 rings (SSSR count). The number of ether oxygens (including phenoxy) is 1. The summed E-state index contributed by atoms with van der Waals surface area (Å²) in [6.07, 6.45) is 4.64. The molecule has 122 valence electrons. The Hall–Kier alpha value is -1.49. The molecule has 0 aliphatic rings. The number of unbranched alkanes of at least 4 members (excludes halogenated alkanes) is 2. The summed E-state index contributed by atoms with van der Waals surface area (Å²) in [7, 11) is 0.408. The summed E-state index contributed by atoms with van der Waals surface area (Å²) in [5, 5.41) is 0. The van der Waals surface area contributed by atoms with Crippen LogP contribution in [0.15, 0.2) is 28.7 Å². The molecule has 5 heteroatoms. The first-order valence-electron chi connectivity index (χ1n) is 7.46. The first kappa shape index (κ1) is 18.6. The van der Waals surface area contributed by atoms with Gasteiger partial charge in [-0.05, 0) is 64.3 Å². The molecule has 1 aromatic carbocycles. The smallest absolute Gasteiger partial charge is 0.162 e. The van der Waals surface area contributed by atoms with E-state index in [1.807, 2.05) is 20.8 Å². The van der Waals surface area contributed by atoms with Crippen molar-refractivity contribution < 1.29 is 13.7 Å². The number of hydrogen-bond acceptors (Lipinski definition) is 3. The topological polar surface area (TPSA) is 55.7 Å². The fraction of sp³-hybridized carbons (Fsp3) is 0.529. The van der Waals surface area contributed by atoms with E-state index in [-0.39, 0.29) is 10.5 Å². The third-order valence-corrected chi connectivity index (χ3v) is 4.48. The van der Waals surface area contributed by atoms with Crippen LogP contribution in [0.25, 0.3) is 0 Å². The van der Waals surface area contributed by atoms with Crippen LogP contribution in [-0.2, 0) is 11.0 Å². The van der Waals surface area contributed by atoms with Crippen LogP contribution >= 0.6 is 0 Å². The second kappa shape index (κ2) is 8.83. The van der Waals surface area contributed by atoms with E-state index in [9.17, 15) is 9.00 Å². The molecule has 0 amide bonds. The molecule has 0 spiro atoms. The van der Waals surface area contributed by atoms with Gasteiger partial charge >= 0.3 is 0 Å². The predicted molar refractivity (Wildman–Crippen MR) is 92.2 cm³/mol. The first-order valence-corrected chi connectivity index (χ1v) is 8.57. The van der Waals surface area contributed by atoms with Crippen molar-refractivity contribution in [3.05, 3.63) is 29.8 Å². The van der Waals surface area contributed by atoms with Crippen LogP contribution in [0.4, 0.5) is 0 Å². The molecule has 4 nitrogen and oxygen atoms in total. The van der Waals surface area contributed by atoms with E-state index in [1.165, 1.54) is 0 Å². The summed E-state index contributed by atoms with van der Waals surface area (Å²) in [6.45, 7) is 5.69. The minimum absolute atomic E-state index is 0.137. The number of nitrogens with zero attached hydrogens (tertiary/aromatic N) is 1. The van der Waals surface area contributed by atoms with Gasteiger partial charge in [-0.25, -0.2) is 4.21 Å². The van der Waals surface area contributed by atoms with E-state index in [1.54, 1.807) is 37.6 Å². The minimum atomic E-state index is -1.19. The van der Waals surface area contributed by atoms with Crippen molar-refractivity contribution in [2.75, 3.05) is 7.11 Å². The molecular weight excluding hydrogens is 298 g/mol. The number of benzene rings is 1. The number of rotatable bonds is 8. The highest BCUT2D eigenvalue weighted by Gasteiger charge is 2.17. The maximum Gasteiger partial charge on any atom is 0.162 e. The van der Waals surface area contributed by atoms with Gasteiger partial charge in [-0.15, -0.1) is 0 Å². The van der Waals surface area contributed by atoms with Crippen molar-refractivity contribution in [3.8, 4) is 5.75 Å². The van der Waals surface area contributed by atoms with E-state index in [4.69, 9.17) is 4.74 Å². The molecule has 0 aliphatic carbocycles. The van der Waals surface area contributed by atoms with Crippen LogP contribution in [0.2, 0.25) is 0 Å². The van der Waals surface area contributed by atoms with Gasteiger partial charge in [0.2, 0.25) is 0 Å². The number of Topliss-reactive ketones (excluding diaryl/α,β-unsaturated/α-hetero) is 1. The summed E-state index contributed by atoms with van der Waals surface area (Å²) in [5.74, 6) is 0.887. The van der Waals surface area contributed by atoms with Crippen LogP contribution in [-0.4, -0.2) is 28.1 Å². The average molecular weight is 323 g/mol. The molecule has 0 radical (unpaired) electrons. The Bertz CT molecular complexity index is 530. The van der Waals surface area contributed by atoms with Crippen LogP contribution < -0.4 is 4.74 Å². The largest absolute Gasteiger partial charge is 0.497 e. The SMILES string of the molecule is COc1ccc(C(=O)CCCC/C=N/[S@](=O)C(C)(C)C)cc1. The minimum Gasteiger partial charge on any atom is -0.497 e. The second-order valence-electron chi connectivity index (χ2n) is 6.05. The zero-order chi connectivity index (χ0) is 16.6. The zero-order valence-electron chi connectivity index (χ0n) is 13.8. The molecule has 0 N–H and O–H groups in total. The van der Waals surface area contributed by atoms with Gasteiger partial charge in [-0.2, -0.15) is 4.40 Å². The van der Waals surface area contributed by atoms with Crippen molar-refractivity contribution in [1.29, 1.82) is 0 Å². The first-order chi connectivity index (χ1) is 10.3. The van der Waals surface area contributed by atoms with Gasteiger partial charge in [0, 0.05) is 18.2 Å². The Kier molecular flexibility index (Phi) is 7.45. The standard InChI is InChI=1S/C17H25NO3S/c1-17(2,3)22(20)18-13-7-5-6-8-16(19)14-9-11-15(21-4)12-10-14/h9-13H,5-8H2,1-4H3/b18-13+/t22-/m1/s1. The van der Waals surface area contributed by atoms with Crippen LogP contribution in [0.1, 0.15) is 56.8 Å². The van der Waals surface area contributed by atoms with Crippen molar-refractivity contribution in [3.63, 3.8) is 0 Å². The van der Waals surface area contributed by atoms with Gasteiger partial charge in [-0.1, -0.05) is 0 Å². The third kappa shape index (κ3) is 6.52. The molecule has 0 saturated carbocycles. The van der Waals surface area contributed by atoms with E-state index < -0.39 is 11.0 Å². The fourth-order valence-electron chi connectivity index (χ4n) is 1.72. The normalized spacial score (nSPS) is 13.3. The zero-order valence-corrected chi connectivity index (χ0v) is 14.6. The van der Waals surface area contributed by atoms with E-state index in [0.717, 1.165) is 25.0 Å². The highest BCUT2D eigenvalue weighted by atomic mass is 32.2. The van der Waals surface area contributed by atoms with Gasteiger partial charge in [0.15, 0.2) is 5.78 Å². The van der Waals surface area contributed by atoms with Crippen molar-refractivity contribution in [1.82, 2.24) is 0 Å². The lowest BCUT2D eigenvalue weighted by atomic mass is 10.0. The Morgan fingerprint density at radius 3 is 2.41 bits per heavy atom. The highest BCUT2D eigenvalue weighted by Crippen LogP contribution is 2.14. The van der Waals surface area contributed by atoms with E-state index >= 15 is 0 Å². The lowest BCUT2D eigenvalue weighted by Crippen LogP contribution is -2.19. The Morgan fingerprint density at radius 1 is 1.23 bits per heavy atom. The number of methoxy groups -OCH3 is 1. The number of ketones is 1. The third-order valence-electron chi connectivity index (χ3n) is 3.09. The van der Waals surface area contributed by atoms with Crippen LogP contribution in [0.5, 0.6) is 5.75 Å². The molecule has 1 aromatic rings. The summed E-state index contributed by atoms with van der Waals surface area (Å²) in [6, 6.07) is 7.16. The predicted octanol–water partition coefficient (Wildman–Crippen LogP) is 3.97. The van der Waals surface area contributed by atoms with E-state index in [2.05, 4.69) is 4.40 Å². The van der Waals surface area contributed by atoms with Gasteiger partial charge in [-0.3, -0.25) is 4.79 Å². The lowest BCUT2D eigenvalue weighted by Gasteiger charge is -2.12. The van der Waals surface area contributed by atoms with Crippen molar-refractivity contribution in [2.24, 2.45) is 4.40 Å². The Morgan fingerprint density at radius 2 is 1.86 bits per heavy atom. The Labute approximate surface area is 135 Å². The molecule has 0 saturated heterocycles. The molecular formula is C17H25NO3S. The monoisotopic (exact) mass is 323 g/mol. The fourth-order valence-corrected chi connectivity index (χ4v) is 2.28. The van der Waals surface area contributed by atoms with Gasteiger partial charge in [0.1, 0.15) is 16.7 Å². The maximum absolute atomic E-state index is 12.0. The highest BCUT2D eigenvalue weighted by molar-refractivity contribution is 7.85. The van der Waals surface area contributed by atoms with Crippen molar-refractivity contribution in [2.45, 2.75) is 51.2 Å². The molecule has 0 aliphatic heterocycles. The lowest BCUT2D eigenvalue weighted by molar-refractivity contribution is 0.0979. The summed E-state index contributed by atoms with van der Waals surface area (Å²) in [5.41, 5.74) is 0.711. The van der Waals surface area contributed by atoms with Gasteiger partial charge in [0.25, 0.3) is 0 Å². The molecule has 0 heterocycles. The van der Waals surface area contributed by atoms with Gasteiger partial charge in [0.05, 0.1) is 11.9 Å². The molecule has 0 unspecified atom stereocenters. The van der Waals surface area contributed by atoms with Crippen molar-refractivity contribution >= 4 is 23.0 Å². The molecule has 0 bridgehead atoms. The average Bonchev–Trinajstić information content (AvgIpc) is 2.49. The maximum atomic E-state index is 12.0. The molecule has 1 atom stereocenters. The molecule has 22 heavy (non-hydrogen) atoms. The van der Waals surface area contributed by atoms with Crippen LogP contribution in [0, 0.1) is 0 Å². The van der Waals surface area contributed by atoms with Gasteiger partial charge < -0.3 is 4.74 Å². The number of carbonyl (C=O) groups is 1. The van der Waals surface area contributed by atoms with Crippen LogP contribution in [0.3, 0.4) is 0 Å². The summed E-state index contributed by atoms with van der Waals surface area (Å²) < 4.78 is 20.5. The molecule has 0 fully saturated rings. The Balaban J connectivity index is 2.28. The molecule has 0 aromatic heterocycles. The summed E-state index contributed by atoms with van der Waals surface area (Å²) in [4.78, 5) is 12.0. The number of carbonyl (C=O) groups excluding carboxylic acids is 1. The van der Waals surface area contributed by atoms with E-state index in [0.29, 0.717) is 12.0 Å².